The second kappa shape index (κ2) is 10.4. The van der Waals surface area contributed by atoms with Crippen molar-refractivity contribution in [2.24, 2.45) is 5.73 Å². The molecule has 22 heteroatoms. The van der Waals surface area contributed by atoms with Gasteiger partial charge >= 0.3 is 29.2 Å². The number of hydrogen-bond donors (Lipinski definition) is 7. The van der Waals surface area contributed by atoms with Crippen LogP contribution in [0.4, 0.5) is 14.6 Å². The van der Waals surface area contributed by atoms with E-state index in [0.717, 1.165) is 6.92 Å². The van der Waals surface area contributed by atoms with Gasteiger partial charge in [-0.2, -0.15) is 13.6 Å². The van der Waals surface area contributed by atoms with Gasteiger partial charge in [0.2, 0.25) is 0 Å². The highest BCUT2D eigenvalue weighted by atomic mass is 31.3. The maximum atomic E-state index is 13.9. The van der Waals surface area contributed by atoms with Gasteiger partial charge in [-0.05, 0) is 6.92 Å². The predicted molar refractivity (Wildman–Crippen MR) is 108 cm³/mol. The zero-order chi connectivity index (χ0) is 27.0. The zero-order valence-corrected chi connectivity index (χ0v) is 19.9. The van der Waals surface area contributed by atoms with Gasteiger partial charge in [-0.15, -0.1) is 0 Å². The summed E-state index contributed by atoms with van der Waals surface area (Å²) in [4.78, 5) is 51.4. The highest BCUT2D eigenvalue weighted by Crippen LogP contribution is 2.66. The van der Waals surface area contributed by atoms with Crippen LogP contribution in [0.5, 0.6) is 0 Å². The Morgan fingerprint density at radius 2 is 1.89 bits per heavy atom. The summed E-state index contributed by atoms with van der Waals surface area (Å²) in [7, 11) is -17.2. The molecule has 198 valence electrons. The van der Waals surface area contributed by atoms with Crippen molar-refractivity contribution < 1.29 is 65.0 Å². The summed E-state index contributed by atoms with van der Waals surface area (Å²) in [5, 5.41) is 10.7. The number of ether oxygens (including phenoxy) is 1. The fraction of sp³-hybridized carbons (Fsp3) is 0.538. The smallest absolute Gasteiger partial charge is 0.387 e. The number of aliphatic hydroxyl groups excluding tert-OH is 1. The lowest BCUT2D eigenvalue weighted by molar-refractivity contribution is -0.0756. The molecule has 0 aromatic carbocycles. The molecule has 1 fully saturated rings. The van der Waals surface area contributed by atoms with Crippen LogP contribution in [0, 0.1) is 17.7 Å². The maximum absolute atomic E-state index is 13.9. The second-order valence-corrected chi connectivity index (χ2v) is 11.2. The number of aliphatic hydroxyl groups is 1. The maximum Gasteiger partial charge on any atom is 0.490 e. The first-order valence-electron chi connectivity index (χ1n) is 8.86. The SMILES string of the molecule is C[C@@H](OP(=O)(O)OP(=O)(O)OP(=O)(O)O)[C@H]1O[C@@H](n2cc(F)c(N)nc2=O)C(N)(C#CCF)[C@H]1O. The van der Waals surface area contributed by atoms with Crippen molar-refractivity contribution in [1.82, 2.24) is 9.55 Å². The Bertz CT molecular complexity index is 1230. The molecule has 17 nitrogen and oxygen atoms in total. The van der Waals surface area contributed by atoms with Gasteiger partial charge in [0.25, 0.3) is 0 Å². The molecular formula is C13H19F2N4O13P3. The van der Waals surface area contributed by atoms with E-state index in [9.17, 15) is 42.2 Å². The van der Waals surface area contributed by atoms with Gasteiger partial charge in [-0.3, -0.25) is 9.09 Å². The highest BCUT2D eigenvalue weighted by Gasteiger charge is 2.57. The number of halogens is 2. The van der Waals surface area contributed by atoms with Crippen LogP contribution in [0.3, 0.4) is 0 Å². The van der Waals surface area contributed by atoms with Gasteiger partial charge in [-0.25, -0.2) is 27.3 Å². The lowest BCUT2D eigenvalue weighted by atomic mass is 9.90. The molecule has 0 saturated carbocycles. The number of nitrogens with zero attached hydrogens (tertiary/aromatic N) is 2. The van der Waals surface area contributed by atoms with Crippen molar-refractivity contribution in [2.45, 2.75) is 37.0 Å². The van der Waals surface area contributed by atoms with Crippen LogP contribution in [0.25, 0.3) is 0 Å². The van der Waals surface area contributed by atoms with Crippen molar-refractivity contribution in [2.75, 3.05) is 12.4 Å². The number of aromatic nitrogens is 2. The van der Waals surface area contributed by atoms with Crippen LogP contribution in [-0.4, -0.2) is 64.8 Å². The summed E-state index contributed by atoms with van der Waals surface area (Å²) in [6, 6.07) is 0. The molecule has 1 aliphatic heterocycles. The van der Waals surface area contributed by atoms with Gasteiger partial charge in [0, 0.05) is 0 Å². The molecular weight excluding hydrogens is 551 g/mol. The second-order valence-electron chi connectivity index (χ2n) is 6.83. The average Bonchev–Trinajstić information content (AvgIpc) is 2.91. The Kier molecular flexibility index (Phi) is 8.80. The van der Waals surface area contributed by atoms with Crippen LogP contribution in [-0.2, 0) is 31.6 Å². The first kappa shape index (κ1) is 29.6. The molecule has 2 heterocycles. The fourth-order valence-electron chi connectivity index (χ4n) is 2.93. The van der Waals surface area contributed by atoms with Gasteiger partial charge in [0.15, 0.2) is 23.4 Å². The molecule has 0 radical (unpaired) electrons. The number of hydrogen-bond acceptors (Lipinski definition) is 12. The lowest BCUT2D eigenvalue weighted by Gasteiger charge is -2.28. The van der Waals surface area contributed by atoms with Crippen molar-refractivity contribution in [3.8, 4) is 11.8 Å². The molecule has 0 spiro atoms. The first-order valence-corrected chi connectivity index (χ1v) is 13.4. The summed E-state index contributed by atoms with van der Waals surface area (Å²) in [5.41, 5.74) is 7.61. The van der Waals surface area contributed by atoms with Crippen LogP contribution in [0.1, 0.15) is 13.2 Å². The summed E-state index contributed by atoms with van der Waals surface area (Å²) in [6.45, 7) is -0.342. The minimum atomic E-state index is -5.86. The third-order valence-electron chi connectivity index (χ3n) is 4.23. The summed E-state index contributed by atoms with van der Waals surface area (Å²) in [6.07, 6.45) is -7.10. The van der Waals surface area contributed by atoms with Crippen molar-refractivity contribution >= 4 is 29.3 Å². The molecule has 7 atom stereocenters. The quantitative estimate of drug-likeness (QED) is 0.140. The lowest BCUT2D eigenvalue weighted by Crippen LogP contribution is -2.55. The van der Waals surface area contributed by atoms with E-state index in [0.29, 0.717) is 10.8 Å². The number of phosphoric ester groups is 1. The molecule has 1 aromatic heterocycles. The standard InChI is InChI=1S/C13H19F2N4O13P3/c1-6(30-34(25,26)32-35(27,28)31-33(22,23)24)8-9(20)13(17,3-2-4-14)11(29-8)19-5-7(15)10(16)18-12(19)21/h5-6,8-9,11,20H,4,17H2,1H3,(H,25,26)(H,27,28)(H2,16,18,21)(H2,22,23,24)/t6-,8-,9+,11-,13?/m1/s1. The summed E-state index contributed by atoms with van der Waals surface area (Å²) < 4.78 is 78.4. The molecule has 1 aliphatic rings. The van der Waals surface area contributed by atoms with E-state index in [4.69, 9.17) is 26.0 Å². The van der Waals surface area contributed by atoms with Crippen LogP contribution in [0.2, 0.25) is 0 Å². The minimum absolute atomic E-state index is 0.416. The van der Waals surface area contributed by atoms with Gasteiger partial charge < -0.3 is 40.9 Å². The van der Waals surface area contributed by atoms with E-state index < -0.39 is 77.5 Å². The fourth-order valence-corrected chi connectivity index (χ4v) is 6.13. The number of nitrogen functional groups attached to an aromatic ring is 1. The number of anilines is 1. The molecule has 0 amide bonds. The monoisotopic (exact) mass is 570 g/mol. The van der Waals surface area contributed by atoms with Crippen LogP contribution in [0.15, 0.2) is 11.0 Å². The van der Waals surface area contributed by atoms with Crippen molar-refractivity contribution in [1.29, 1.82) is 0 Å². The van der Waals surface area contributed by atoms with Crippen LogP contribution >= 0.6 is 23.5 Å². The predicted octanol–water partition coefficient (Wildman–Crippen LogP) is -1.37. The molecule has 1 saturated heterocycles. The molecule has 1 aromatic rings. The van der Waals surface area contributed by atoms with E-state index in [1.54, 1.807) is 0 Å². The number of rotatable bonds is 8. The third kappa shape index (κ3) is 7.21. The molecule has 9 N–H and O–H groups in total. The Labute approximate surface area is 194 Å². The van der Waals surface area contributed by atoms with E-state index in [-0.39, 0.29) is 0 Å². The number of nitrogens with two attached hydrogens (primary N) is 2. The Balaban J connectivity index is 2.38. The number of phosphoric acid groups is 3. The largest absolute Gasteiger partial charge is 0.490 e. The average molecular weight is 570 g/mol. The van der Waals surface area contributed by atoms with Gasteiger partial charge in [-0.1, -0.05) is 11.8 Å². The topological polar surface area (TPSA) is 276 Å². The van der Waals surface area contributed by atoms with Crippen LogP contribution < -0.4 is 17.2 Å². The van der Waals surface area contributed by atoms with Crippen molar-refractivity contribution in [3.05, 3.63) is 22.5 Å². The Hall–Kier alpha value is -1.61. The molecule has 0 aliphatic carbocycles. The minimum Gasteiger partial charge on any atom is -0.387 e. The Morgan fingerprint density at radius 3 is 2.43 bits per heavy atom. The normalized spacial score (nSPS) is 29.0. The van der Waals surface area contributed by atoms with E-state index in [1.807, 2.05) is 5.92 Å². The summed E-state index contributed by atoms with van der Waals surface area (Å²) >= 11 is 0. The Morgan fingerprint density at radius 1 is 1.29 bits per heavy atom. The molecule has 0 bridgehead atoms. The number of alkyl halides is 1. The summed E-state index contributed by atoms with van der Waals surface area (Å²) in [5.74, 6) is 2.00. The van der Waals surface area contributed by atoms with Gasteiger partial charge in [0.1, 0.15) is 18.9 Å². The molecule has 3 unspecified atom stereocenters. The highest BCUT2D eigenvalue weighted by molar-refractivity contribution is 7.66. The third-order valence-corrected chi connectivity index (χ3v) is 8.16. The van der Waals surface area contributed by atoms with E-state index in [2.05, 4.69) is 24.0 Å². The molecule has 2 rings (SSSR count). The zero-order valence-electron chi connectivity index (χ0n) is 17.2. The van der Waals surface area contributed by atoms with Crippen molar-refractivity contribution in [3.63, 3.8) is 0 Å². The molecule has 35 heavy (non-hydrogen) atoms. The van der Waals surface area contributed by atoms with Gasteiger partial charge in [0.05, 0.1) is 12.3 Å². The van der Waals surface area contributed by atoms with E-state index >= 15 is 0 Å². The first-order chi connectivity index (χ1) is 15.8. The van der Waals surface area contributed by atoms with E-state index in [1.165, 1.54) is 0 Å².